The van der Waals surface area contributed by atoms with E-state index in [9.17, 15) is 22.0 Å². The third-order valence-corrected chi connectivity index (χ3v) is 5.02. The summed E-state index contributed by atoms with van der Waals surface area (Å²) in [5, 5.41) is 0. The van der Waals surface area contributed by atoms with Crippen LogP contribution in [0.5, 0.6) is 5.75 Å². The molecule has 0 aliphatic heterocycles. The van der Waals surface area contributed by atoms with E-state index in [0.29, 0.717) is 12.0 Å². The fourth-order valence-electron chi connectivity index (χ4n) is 3.22. The quantitative estimate of drug-likeness (QED) is 0.253. The number of benzene rings is 3. The standard InChI is InChI=1S/C25H23F5O/c1-2-3-4-17-7-11-20(12-8-17)25(29,30)31-21-13-9-18(10-14-21)5-6-19-15-22(26)24(28)23(27)16-19/h7-16H,2-6H2,1H3. The topological polar surface area (TPSA) is 9.23 Å². The van der Waals surface area contributed by atoms with Crippen molar-refractivity contribution >= 4 is 0 Å². The highest BCUT2D eigenvalue weighted by Crippen LogP contribution is 2.32. The second-order valence-corrected chi connectivity index (χ2v) is 7.44. The second kappa shape index (κ2) is 9.94. The molecule has 0 aliphatic rings. The van der Waals surface area contributed by atoms with Crippen molar-refractivity contribution in [1.82, 2.24) is 0 Å². The summed E-state index contributed by atoms with van der Waals surface area (Å²) in [7, 11) is 0. The Morgan fingerprint density at radius 2 is 1.23 bits per heavy atom. The van der Waals surface area contributed by atoms with Gasteiger partial charge in [-0.2, -0.15) is 8.78 Å². The van der Waals surface area contributed by atoms with E-state index < -0.39 is 23.6 Å². The number of unbranched alkanes of at least 4 members (excludes halogenated alkanes) is 1. The molecule has 0 heterocycles. The van der Waals surface area contributed by atoms with Crippen LogP contribution in [-0.2, 0) is 25.4 Å². The Hall–Kier alpha value is -2.89. The molecule has 164 valence electrons. The van der Waals surface area contributed by atoms with Crippen molar-refractivity contribution in [3.8, 4) is 5.75 Å². The van der Waals surface area contributed by atoms with Gasteiger partial charge in [-0.05, 0) is 78.8 Å². The molecule has 0 saturated heterocycles. The molecule has 0 amide bonds. The molecule has 0 N–H and O–H groups in total. The van der Waals surface area contributed by atoms with Crippen LogP contribution in [-0.4, -0.2) is 0 Å². The summed E-state index contributed by atoms with van der Waals surface area (Å²) in [5.74, 6) is -3.97. The minimum Gasteiger partial charge on any atom is -0.429 e. The summed E-state index contributed by atoms with van der Waals surface area (Å²) in [6.45, 7) is 2.07. The van der Waals surface area contributed by atoms with E-state index in [-0.39, 0.29) is 17.7 Å². The molecule has 0 atom stereocenters. The van der Waals surface area contributed by atoms with Gasteiger partial charge in [0, 0.05) is 0 Å². The van der Waals surface area contributed by atoms with Crippen LogP contribution in [0.1, 0.15) is 42.0 Å². The molecule has 0 bridgehead atoms. The van der Waals surface area contributed by atoms with Gasteiger partial charge in [0.25, 0.3) is 0 Å². The smallest absolute Gasteiger partial charge is 0.426 e. The van der Waals surface area contributed by atoms with Crippen LogP contribution in [0, 0.1) is 17.5 Å². The summed E-state index contributed by atoms with van der Waals surface area (Å²) < 4.78 is 73.5. The molecule has 0 unspecified atom stereocenters. The van der Waals surface area contributed by atoms with Gasteiger partial charge in [-0.25, -0.2) is 13.2 Å². The van der Waals surface area contributed by atoms with Gasteiger partial charge in [-0.3, -0.25) is 0 Å². The van der Waals surface area contributed by atoms with E-state index in [0.717, 1.165) is 42.5 Å². The zero-order chi connectivity index (χ0) is 22.4. The Kier molecular flexibility index (Phi) is 7.31. The average molecular weight is 434 g/mol. The summed E-state index contributed by atoms with van der Waals surface area (Å²) in [5.41, 5.74) is 1.86. The normalized spacial score (nSPS) is 11.5. The highest BCUT2D eigenvalue weighted by molar-refractivity contribution is 5.31. The zero-order valence-electron chi connectivity index (χ0n) is 17.1. The van der Waals surface area contributed by atoms with Crippen LogP contribution in [0.4, 0.5) is 22.0 Å². The molecule has 0 fully saturated rings. The molecule has 0 saturated carbocycles. The Labute approximate surface area is 178 Å². The molecular formula is C25H23F5O. The van der Waals surface area contributed by atoms with Gasteiger partial charge in [0.1, 0.15) is 5.75 Å². The minimum absolute atomic E-state index is 0.00248. The molecular weight excluding hydrogens is 411 g/mol. The zero-order valence-corrected chi connectivity index (χ0v) is 17.1. The molecule has 0 aromatic heterocycles. The van der Waals surface area contributed by atoms with E-state index in [1.54, 1.807) is 24.3 Å². The fraction of sp³-hybridized carbons (Fsp3) is 0.280. The molecule has 31 heavy (non-hydrogen) atoms. The first-order valence-electron chi connectivity index (χ1n) is 10.2. The maximum absolute atomic E-state index is 14.5. The first-order valence-corrected chi connectivity index (χ1v) is 10.2. The number of aryl methyl sites for hydroxylation is 3. The van der Waals surface area contributed by atoms with Crippen molar-refractivity contribution in [2.24, 2.45) is 0 Å². The van der Waals surface area contributed by atoms with Crippen molar-refractivity contribution in [1.29, 1.82) is 0 Å². The first-order chi connectivity index (χ1) is 14.8. The summed E-state index contributed by atoms with van der Waals surface area (Å²) >= 11 is 0. The Balaban J connectivity index is 1.60. The van der Waals surface area contributed by atoms with Crippen molar-refractivity contribution in [3.05, 3.63) is 100 Å². The van der Waals surface area contributed by atoms with E-state index in [1.807, 2.05) is 0 Å². The van der Waals surface area contributed by atoms with Gasteiger partial charge in [0.15, 0.2) is 17.5 Å². The molecule has 0 aliphatic carbocycles. The Bertz CT molecular complexity index is 974. The van der Waals surface area contributed by atoms with Crippen molar-refractivity contribution in [2.75, 3.05) is 0 Å². The van der Waals surface area contributed by atoms with Gasteiger partial charge >= 0.3 is 6.11 Å². The van der Waals surface area contributed by atoms with Gasteiger partial charge < -0.3 is 4.74 Å². The van der Waals surface area contributed by atoms with Crippen LogP contribution >= 0.6 is 0 Å². The van der Waals surface area contributed by atoms with Crippen LogP contribution in [0.15, 0.2) is 60.7 Å². The third kappa shape index (κ3) is 6.06. The molecule has 6 heteroatoms. The Morgan fingerprint density at radius 1 is 0.710 bits per heavy atom. The van der Waals surface area contributed by atoms with Crippen LogP contribution in [0.25, 0.3) is 0 Å². The predicted molar refractivity (Wildman–Crippen MR) is 110 cm³/mol. The second-order valence-electron chi connectivity index (χ2n) is 7.44. The number of rotatable bonds is 9. The van der Waals surface area contributed by atoms with Crippen LogP contribution < -0.4 is 4.74 Å². The summed E-state index contributed by atoms with van der Waals surface area (Å²) in [6, 6.07) is 14.1. The summed E-state index contributed by atoms with van der Waals surface area (Å²) in [4.78, 5) is 0. The van der Waals surface area contributed by atoms with E-state index in [1.165, 1.54) is 24.3 Å². The largest absolute Gasteiger partial charge is 0.429 e. The number of halogens is 5. The van der Waals surface area contributed by atoms with Gasteiger partial charge in [-0.1, -0.05) is 37.6 Å². The van der Waals surface area contributed by atoms with E-state index in [2.05, 4.69) is 6.92 Å². The molecule has 3 rings (SSSR count). The van der Waals surface area contributed by atoms with Crippen LogP contribution in [0.2, 0.25) is 0 Å². The monoisotopic (exact) mass is 434 g/mol. The lowest BCUT2D eigenvalue weighted by molar-refractivity contribution is -0.185. The molecule has 3 aromatic carbocycles. The van der Waals surface area contributed by atoms with Gasteiger partial charge in [0.05, 0.1) is 5.56 Å². The molecule has 0 radical (unpaired) electrons. The predicted octanol–water partition coefficient (Wildman–Crippen LogP) is 7.36. The van der Waals surface area contributed by atoms with Gasteiger partial charge in [0.2, 0.25) is 0 Å². The fourth-order valence-corrected chi connectivity index (χ4v) is 3.22. The first kappa shape index (κ1) is 22.8. The number of hydrogen-bond donors (Lipinski definition) is 0. The molecule has 1 nitrogen and oxygen atoms in total. The lowest BCUT2D eigenvalue weighted by atomic mass is 10.0. The van der Waals surface area contributed by atoms with Crippen LogP contribution in [0.3, 0.4) is 0 Å². The molecule has 3 aromatic rings. The number of alkyl halides is 2. The number of ether oxygens (including phenoxy) is 1. The highest BCUT2D eigenvalue weighted by Gasteiger charge is 2.34. The molecule has 0 spiro atoms. The minimum atomic E-state index is -3.48. The maximum Gasteiger partial charge on any atom is 0.426 e. The lowest BCUT2D eigenvalue weighted by Gasteiger charge is -2.19. The van der Waals surface area contributed by atoms with Gasteiger partial charge in [-0.15, -0.1) is 0 Å². The van der Waals surface area contributed by atoms with E-state index in [4.69, 9.17) is 4.74 Å². The number of hydrogen-bond acceptors (Lipinski definition) is 1. The maximum atomic E-state index is 14.5. The SMILES string of the molecule is CCCCc1ccc(C(F)(F)Oc2ccc(CCc3cc(F)c(F)c(F)c3)cc2)cc1. The Morgan fingerprint density at radius 3 is 1.81 bits per heavy atom. The van der Waals surface area contributed by atoms with E-state index >= 15 is 0 Å². The summed E-state index contributed by atoms with van der Waals surface area (Å²) in [6.07, 6.45) is 0.0867. The van der Waals surface area contributed by atoms with Crippen molar-refractivity contribution in [3.63, 3.8) is 0 Å². The lowest BCUT2D eigenvalue weighted by Crippen LogP contribution is -2.21. The average Bonchev–Trinajstić information content (AvgIpc) is 2.75. The van der Waals surface area contributed by atoms with Crippen molar-refractivity contribution in [2.45, 2.75) is 45.1 Å². The highest BCUT2D eigenvalue weighted by atomic mass is 19.3. The van der Waals surface area contributed by atoms with Crippen molar-refractivity contribution < 1.29 is 26.7 Å². The third-order valence-electron chi connectivity index (χ3n) is 5.02.